The molecule has 0 aliphatic rings. The standard InChI is InChI=1S/C14H14ClN3O2/c15-13-4-2-1-3-11(13)8-20-9-12-6-5-10(7-17-12)14(19)18-16/h1-7H,8-9,16H2,(H,18,19). The summed E-state index contributed by atoms with van der Waals surface area (Å²) in [5, 5.41) is 0.676. The summed E-state index contributed by atoms with van der Waals surface area (Å²) in [5.41, 5.74) is 4.10. The zero-order chi connectivity index (χ0) is 14.4. The van der Waals surface area contributed by atoms with Gasteiger partial charge in [-0.25, -0.2) is 5.84 Å². The minimum atomic E-state index is -0.374. The molecule has 3 N–H and O–H groups in total. The van der Waals surface area contributed by atoms with Gasteiger partial charge in [0.25, 0.3) is 5.91 Å². The zero-order valence-electron chi connectivity index (χ0n) is 10.7. The Morgan fingerprint density at radius 2 is 2.05 bits per heavy atom. The number of hydrogen-bond donors (Lipinski definition) is 2. The number of nitrogen functional groups attached to an aromatic ring is 1. The van der Waals surface area contributed by atoms with E-state index < -0.39 is 0 Å². The predicted molar refractivity (Wildman–Crippen MR) is 75.8 cm³/mol. The molecule has 0 aliphatic carbocycles. The van der Waals surface area contributed by atoms with Gasteiger partial charge in [0.1, 0.15) is 0 Å². The van der Waals surface area contributed by atoms with Crippen molar-refractivity contribution in [2.75, 3.05) is 0 Å². The molecule has 2 rings (SSSR count). The van der Waals surface area contributed by atoms with E-state index >= 15 is 0 Å². The van der Waals surface area contributed by atoms with E-state index in [-0.39, 0.29) is 5.91 Å². The number of pyridine rings is 1. The Morgan fingerprint density at radius 3 is 2.70 bits per heavy atom. The summed E-state index contributed by atoms with van der Waals surface area (Å²) in [5.74, 6) is 4.66. The first kappa shape index (κ1) is 14.5. The Morgan fingerprint density at radius 1 is 1.25 bits per heavy atom. The Hall–Kier alpha value is -1.95. The lowest BCUT2D eigenvalue weighted by Crippen LogP contribution is -2.30. The molecular weight excluding hydrogens is 278 g/mol. The average Bonchev–Trinajstić information content (AvgIpc) is 2.49. The average molecular weight is 292 g/mol. The van der Waals surface area contributed by atoms with Gasteiger partial charge < -0.3 is 4.74 Å². The van der Waals surface area contributed by atoms with E-state index in [0.29, 0.717) is 23.8 Å². The van der Waals surface area contributed by atoms with Crippen LogP contribution in [0.5, 0.6) is 0 Å². The lowest BCUT2D eigenvalue weighted by Gasteiger charge is -2.06. The molecule has 0 saturated carbocycles. The normalized spacial score (nSPS) is 10.3. The second-order valence-corrected chi connectivity index (χ2v) is 4.50. The van der Waals surface area contributed by atoms with Crippen molar-refractivity contribution in [2.24, 2.45) is 5.84 Å². The van der Waals surface area contributed by atoms with Crippen molar-refractivity contribution in [2.45, 2.75) is 13.2 Å². The third kappa shape index (κ3) is 3.77. The van der Waals surface area contributed by atoms with Crippen LogP contribution in [0.15, 0.2) is 42.6 Å². The third-order valence-electron chi connectivity index (χ3n) is 2.68. The van der Waals surface area contributed by atoms with Crippen LogP contribution >= 0.6 is 11.6 Å². The van der Waals surface area contributed by atoms with Crippen molar-refractivity contribution in [3.63, 3.8) is 0 Å². The number of benzene rings is 1. The smallest absolute Gasteiger partial charge is 0.266 e. The molecule has 0 aliphatic heterocycles. The van der Waals surface area contributed by atoms with Crippen LogP contribution in [0.2, 0.25) is 5.02 Å². The number of hydrogen-bond acceptors (Lipinski definition) is 4. The van der Waals surface area contributed by atoms with Gasteiger partial charge in [0.05, 0.1) is 24.5 Å². The van der Waals surface area contributed by atoms with Crippen LogP contribution < -0.4 is 11.3 Å². The van der Waals surface area contributed by atoms with Gasteiger partial charge in [0.2, 0.25) is 0 Å². The molecule has 0 bridgehead atoms. The molecule has 1 aromatic carbocycles. The number of aromatic nitrogens is 1. The van der Waals surface area contributed by atoms with Crippen LogP contribution in [0.4, 0.5) is 0 Å². The van der Waals surface area contributed by atoms with Crippen LogP contribution in [0, 0.1) is 0 Å². The highest BCUT2D eigenvalue weighted by Crippen LogP contribution is 2.16. The predicted octanol–water partition coefficient (Wildman–Crippen LogP) is 2.06. The Kier molecular flexibility index (Phi) is 5.06. The summed E-state index contributed by atoms with van der Waals surface area (Å²) in [6, 6.07) is 10.9. The number of nitrogens with zero attached hydrogens (tertiary/aromatic N) is 1. The molecule has 2 aromatic rings. The van der Waals surface area contributed by atoms with Crippen molar-refractivity contribution in [1.29, 1.82) is 0 Å². The maximum atomic E-state index is 11.2. The molecular formula is C14H14ClN3O2. The fourth-order valence-electron chi connectivity index (χ4n) is 1.61. The number of amides is 1. The van der Waals surface area contributed by atoms with Crippen LogP contribution in [-0.4, -0.2) is 10.9 Å². The minimum Gasteiger partial charge on any atom is -0.370 e. The summed E-state index contributed by atoms with van der Waals surface area (Å²) >= 11 is 6.03. The second-order valence-electron chi connectivity index (χ2n) is 4.10. The number of halogens is 1. The Balaban J connectivity index is 1.88. The molecule has 0 radical (unpaired) electrons. The first-order valence-corrected chi connectivity index (χ1v) is 6.35. The number of rotatable bonds is 5. The summed E-state index contributed by atoms with van der Waals surface area (Å²) < 4.78 is 5.54. The molecule has 1 heterocycles. The quantitative estimate of drug-likeness (QED) is 0.502. The van der Waals surface area contributed by atoms with Gasteiger partial charge >= 0.3 is 0 Å². The van der Waals surface area contributed by atoms with Gasteiger partial charge in [0, 0.05) is 11.2 Å². The molecule has 20 heavy (non-hydrogen) atoms. The fourth-order valence-corrected chi connectivity index (χ4v) is 1.80. The number of carbonyl (C=O) groups excluding carboxylic acids is 1. The molecule has 0 fully saturated rings. The SMILES string of the molecule is NNC(=O)c1ccc(COCc2ccccc2Cl)nc1. The van der Waals surface area contributed by atoms with E-state index in [1.54, 1.807) is 12.1 Å². The molecule has 1 aromatic heterocycles. The molecule has 104 valence electrons. The van der Waals surface area contributed by atoms with Crippen LogP contribution in [0.3, 0.4) is 0 Å². The van der Waals surface area contributed by atoms with E-state index in [0.717, 1.165) is 11.3 Å². The van der Waals surface area contributed by atoms with Gasteiger partial charge in [-0.1, -0.05) is 29.8 Å². The van der Waals surface area contributed by atoms with Gasteiger partial charge in [-0.15, -0.1) is 0 Å². The lowest BCUT2D eigenvalue weighted by molar-refractivity contribution is 0.0951. The van der Waals surface area contributed by atoms with Gasteiger partial charge in [-0.2, -0.15) is 0 Å². The largest absolute Gasteiger partial charge is 0.370 e. The fraction of sp³-hybridized carbons (Fsp3) is 0.143. The summed E-state index contributed by atoms with van der Waals surface area (Å²) in [4.78, 5) is 15.4. The maximum absolute atomic E-state index is 11.2. The number of carbonyl (C=O) groups is 1. The minimum absolute atomic E-state index is 0.343. The number of nitrogens with one attached hydrogen (secondary N) is 1. The second kappa shape index (κ2) is 7.00. The van der Waals surface area contributed by atoms with E-state index in [9.17, 15) is 4.79 Å². The van der Waals surface area contributed by atoms with Crippen molar-refractivity contribution in [3.05, 3.63) is 64.4 Å². The van der Waals surface area contributed by atoms with E-state index in [1.807, 2.05) is 29.7 Å². The van der Waals surface area contributed by atoms with Crippen molar-refractivity contribution in [3.8, 4) is 0 Å². The highest BCUT2D eigenvalue weighted by molar-refractivity contribution is 6.31. The zero-order valence-corrected chi connectivity index (χ0v) is 11.4. The number of ether oxygens (including phenoxy) is 1. The molecule has 0 unspecified atom stereocenters. The van der Waals surface area contributed by atoms with E-state index in [1.165, 1.54) is 6.20 Å². The monoisotopic (exact) mass is 291 g/mol. The molecule has 5 nitrogen and oxygen atoms in total. The highest BCUT2D eigenvalue weighted by Gasteiger charge is 2.04. The molecule has 0 saturated heterocycles. The lowest BCUT2D eigenvalue weighted by atomic mass is 10.2. The van der Waals surface area contributed by atoms with Crippen LogP contribution in [0.1, 0.15) is 21.6 Å². The van der Waals surface area contributed by atoms with Crippen molar-refractivity contribution in [1.82, 2.24) is 10.4 Å². The van der Waals surface area contributed by atoms with Gasteiger partial charge in [0.15, 0.2) is 0 Å². The molecule has 0 atom stereocenters. The highest BCUT2D eigenvalue weighted by atomic mass is 35.5. The summed E-state index contributed by atoms with van der Waals surface area (Å²) in [7, 11) is 0. The number of nitrogens with two attached hydrogens (primary N) is 1. The van der Waals surface area contributed by atoms with Gasteiger partial charge in [-0.05, 0) is 23.8 Å². The van der Waals surface area contributed by atoms with Crippen molar-refractivity contribution < 1.29 is 9.53 Å². The first-order chi connectivity index (χ1) is 9.70. The van der Waals surface area contributed by atoms with Gasteiger partial charge in [-0.3, -0.25) is 15.2 Å². The summed E-state index contributed by atoms with van der Waals surface area (Å²) in [6.45, 7) is 0.752. The maximum Gasteiger partial charge on any atom is 0.266 e. The van der Waals surface area contributed by atoms with E-state index in [2.05, 4.69) is 4.98 Å². The third-order valence-corrected chi connectivity index (χ3v) is 3.05. The van der Waals surface area contributed by atoms with Crippen molar-refractivity contribution >= 4 is 17.5 Å². The Bertz CT molecular complexity index is 587. The summed E-state index contributed by atoms with van der Waals surface area (Å²) in [6.07, 6.45) is 1.45. The number of hydrazine groups is 1. The topological polar surface area (TPSA) is 77.2 Å². The molecule has 6 heteroatoms. The van der Waals surface area contributed by atoms with Crippen LogP contribution in [-0.2, 0) is 18.0 Å². The first-order valence-electron chi connectivity index (χ1n) is 5.97. The Labute approximate surface area is 121 Å². The van der Waals surface area contributed by atoms with Crippen LogP contribution in [0.25, 0.3) is 0 Å². The van der Waals surface area contributed by atoms with E-state index in [4.69, 9.17) is 22.2 Å². The molecule has 0 spiro atoms. The molecule has 1 amide bonds.